The van der Waals surface area contributed by atoms with E-state index in [1.54, 1.807) is 0 Å². The van der Waals surface area contributed by atoms with Crippen LogP contribution >= 0.6 is 0 Å². The number of benzene rings is 1. The summed E-state index contributed by atoms with van der Waals surface area (Å²) in [5.74, 6) is 0. The van der Waals surface area contributed by atoms with E-state index in [0.717, 1.165) is 20.2 Å². The van der Waals surface area contributed by atoms with Gasteiger partial charge in [-0.3, -0.25) is 0 Å². The molecular weight excluding hydrogens is 210 g/mol. The Hall–Kier alpha value is -1.02. The van der Waals surface area contributed by atoms with Crippen LogP contribution in [0, 0.1) is 0 Å². The minimum atomic E-state index is 1.00. The van der Waals surface area contributed by atoms with E-state index in [-0.39, 0.29) is 0 Å². The van der Waals surface area contributed by atoms with E-state index in [2.05, 4.69) is 49.1 Å². The average Bonchev–Trinajstić information content (AvgIpc) is 2.44. The van der Waals surface area contributed by atoms with Gasteiger partial charge in [0.05, 0.1) is 0 Å². The van der Waals surface area contributed by atoms with Crippen molar-refractivity contribution in [3.05, 3.63) is 30.3 Å². The Balaban J connectivity index is 0. The lowest BCUT2D eigenvalue weighted by atomic mass is 10.2. The van der Waals surface area contributed by atoms with Gasteiger partial charge in [-0.1, -0.05) is 45.9 Å². The summed E-state index contributed by atoms with van der Waals surface area (Å²) in [6.07, 6.45) is 2.43. The van der Waals surface area contributed by atoms with Crippen molar-refractivity contribution in [3.8, 4) is 0 Å². The Bertz CT molecular complexity index is 218. The van der Waals surface area contributed by atoms with Crippen molar-refractivity contribution in [2.75, 3.05) is 25.1 Å². The minimum Gasteiger partial charge on any atom is -0.400 e. The number of para-hydroxylation sites is 1. The fourth-order valence-electron chi connectivity index (χ4n) is 1.55. The summed E-state index contributed by atoms with van der Waals surface area (Å²) >= 11 is 0. The van der Waals surface area contributed by atoms with Crippen LogP contribution in [0.3, 0.4) is 0 Å². The van der Waals surface area contributed by atoms with Gasteiger partial charge in [0.25, 0.3) is 0 Å². The van der Waals surface area contributed by atoms with Crippen molar-refractivity contribution in [2.24, 2.45) is 0 Å². The molecule has 0 fully saturated rings. The van der Waals surface area contributed by atoms with E-state index in [4.69, 9.17) is 5.11 Å². The molecule has 1 N–H and O–H groups in total. The van der Waals surface area contributed by atoms with E-state index in [1.807, 2.05) is 13.8 Å². The van der Waals surface area contributed by atoms with E-state index in [1.165, 1.54) is 18.5 Å². The number of aliphatic hydroxyl groups excluding tert-OH is 1. The predicted octanol–water partition coefficient (Wildman–Crippen LogP) is 3.95. The second-order valence-corrected chi connectivity index (χ2v) is 3.32. The van der Waals surface area contributed by atoms with Gasteiger partial charge in [-0.2, -0.15) is 0 Å². The molecule has 100 valence electrons. The van der Waals surface area contributed by atoms with Crippen LogP contribution in [0.5, 0.6) is 0 Å². The monoisotopic (exact) mass is 239 g/mol. The summed E-state index contributed by atoms with van der Waals surface area (Å²) in [4.78, 5) is 2.44. The van der Waals surface area contributed by atoms with Crippen molar-refractivity contribution in [1.29, 1.82) is 0 Å². The Morgan fingerprint density at radius 3 is 1.65 bits per heavy atom. The average molecular weight is 239 g/mol. The number of rotatable bonds is 5. The molecule has 1 aromatic rings. The first-order valence-corrected chi connectivity index (χ1v) is 6.63. The molecular formula is C15H29NO. The molecule has 1 rings (SSSR count). The van der Waals surface area contributed by atoms with Gasteiger partial charge in [-0.25, -0.2) is 0 Å². The van der Waals surface area contributed by atoms with Crippen LogP contribution in [-0.4, -0.2) is 25.3 Å². The lowest BCUT2D eigenvalue weighted by Crippen LogP contribution is -2.24. The van der Waals surface area contributed by atoms with Crippen LogP contribution < -0.4 is 4.90 Å². The van der Waals surface area contributed by atoms with Crippen LogP contribution in [0.15, 0.2) is 30.3 Å². The van der Waals surface area contributed by atoms with E-state index in [9.17, 15) is 0 Å². The quantitative estimate of drug-likeness (QED) is 0.841. The zero-order valence-corrected chi connectivity index (χ0v) is 12.1. The standard InChI is InChI=1S/C12H19N.C2H6.CH4O/c1-3-10-13(11-4-2)12-8-6-5-7-9-12;2*1-2/h5-9H,3-4,10-11H2,1-2H3;1-2H3;2H,1H3. The molecule has 0 unspecified atom stereocenters. The topological polar surface area (TPSA) is 23.5 Å². The molecule has 0 spiro atoms. The SMILES string of the molecule is CC.CCCN(CCC)c1ccccc1.CO. The van der Waals surface area contributed by atoms with E-state index >= 15 is 0 Å². The Morgan fingerprint density at radius 1 is 0.882 bits per heavy atom. The molecule has 0 aliphatic carbocycles. The number of aliphatic hydroxyl groups is 1. The van der Waals surface area contributed by atoms with Gasteiger partial charge in [0.2, 0.25) is 0 Å². The van der Waals surface area contributed by atoms with E-state index in [0.29, 0.717) is 0 Å². The van der Waals surface area contributed by atoms with Gasteiger partial charge in [0.1, 0.15) is 0 Å². The van der Waals surface area contributed by atoms with Crippen molar-refractivity contribution in [2.45, 2.75) is 40.5 Å². The van der Waals surface area contributed by atoms with Crippen molar-refractivity contribution < 1.29 is 5.11 Å². The Kier molecular flexibility index (Phi) is 16.2. The molecule has 0 aliphatic heterocycles. The highest BCUT2D eigenvalue weighted by Gasteiger charge is 2.01. The summed E-state index contributed by atoms with van der Waals surface area (Å²) in [6.45, 7) is 10.8. The molecule has 0 saturated carbocycles. The van der Waals surface area contributed by atoms with Crippen LogP contribution in [0.25, 0.3) is 0 Å². The molecule has 0 aliphatic rings. The second kappa shape index (κ2) is 15.0. The second-order valence-electron chi connectivity index (χ2n) is 3.32. The van der Waals surface area contributed by atoms with Gasteiger partial charge in [0.15, 0.2) is 0 Å². The summed E-state index contributed by atoms with van der Waals surface area (Å²) < 4.78 is 0. The third-order valence-electron chi connectivity index (χ3n) is 2.11. The molecule has 0 radical (unpaired) electrons. The molecule has 0 amide bonds. The van der Waals surface area contributed by atoms with E-state index < -0.39 is 0 Å². The van der Waals surface area contributed by atoms with Gasteiger partial charge in [0, 0.05) is 25.9 Å². The summed E-state index contributed by atoms with van der Waals surface area (Å²) in [5.41, 5.74) is 1.35. The lowest BCUT2D eigenvalue weighted by molar-refractivity contribution is 0.399. The fraction of sp³-hybridized carbons (Fsp3) is 0.600. The maximum atomic E-state index is 7.00. The first-order chi connectivity index (χ1) is 8.38. The molecule has 2 nitrogen and oxygen atoms in total. The molecule has 0 heterocycles. The molecule has 2 heteroatoms. The Morgan fingerprint density at radius 2 is 1.29 bits per heavy atom. The van der Waals surface area contributed by atoms with Gasteiger partial charge < -0.3 is 10.0 Å². The molecule has 0 aromatic heterocycles. The number of hydrogen-bond donors (Lipinski definition) is 1. The normalized spacial score (nSPS) is 8.35. The zero-order valence-electron chi connectivity index (χ0n) is 12.1. The highest BCUT2D eigenvalue weighted by Crippen LogP contribution is 2.13. The number of nitrogens with zero attached hydrogens (tertiary/aromatic N) is 1. The summed E-state index contributed by atoms with van der Waals surface area (Å²) in [7, 11) is 1.00. The molecule has 0 saturated heterocycles. The van der Waals surface area contributed by atoms with Crippen molar-refractivity contribution in [1.82, 2.24) is 0 Å². The Labute approximate surface area is 107 Å². The van der Waals surface area contributed by atoms with Gasteiger partial charge >= 0.3 is 0 Å². The zero-order chi connectivity index (χ0) is 13.5. The van der Waals surface area contributed by atoms with Gasteiger partial charge in [-0.05, 0) is 25.0 Å². The maximum Gasteiger partial charge on any atom is 0.0366 e. The van der Waals surface area contributed by atoms with Crippen LogP contribution in [0.2, 0.25) is 0 Å². The summed E-state index contributed by atoms with van der Waals surface area (Å²) in [6, 6.07) is 10.7. The largest absolute Gasteiger partial charge is 0.400 e. The maximum absolute atomic E-state index is 7.00. The first kappa shape index (κ1) is 18.3. The predicted molar refractivity (Wildman–Crippen MR) is 78.7 cm³/mol. The van der Waals surface area contributed by atoms with Crippen LogP contribution in [0.1, 0.15) is 40.5 Å². The number of hydrogen-bond acceptors (Lipinski definition) is 2. The van der Waals surface area contributed by atoms with Crippen molar-refractivity contribution in [3.63, 3.8) is 0 Å². The highest BCUT2D eigenvalue weighted by atomic mass is 16.2. The number of anilines is 1. The smallest absolute Gasteiger partial charge is 0.0366 e. The summed E-state index contributed by atoms with van der Waals surface area (Å²) in [5, 5.41) is 7.00. The third-order valence-corrected chi connectivity index (χ3v) is 2.11. The van der Waals surface area contributed by atoms with Crippen LogP contribution in [0.4, 0.5) is 5.69 Å². The lowest BCUT2D eigenvalue weighted by Gasteiger charge is -2.23. The first-order valence-electron chi connectivity index (χ1n) is 6.63. The molecule has 1 aromatic carbocycles. The fourth-order valence-corrected chi connectivity index (χ4v) is 1.55. The molecule has 0 atom stereocenters. The highest BCUT2D eigenvalue weighted by molar-refractivity contribution is 5.45. The molecule has 17 heavy (non-hydrogen) atoms. The van der Waals surface area contributed by atoms with Crippen LogP contribution in [-0.2, 0) is 0 Å². The van der Waals surface area contributed by atoms with Gasteiger partial charge in [-0.15, -0.1) is 0 Å². The molecule has 0 bridgehead atoms. The third kappa shape index (κ3) is 8.75. The minimum absolute atomic E-state index is 1.00. The van der Waals surface area contributed by atoms with Crippen molar-refractivity contribution >= 4 is 5.69 Å².